The molecular weight excluding hydrogens is 413 g/mol. The molecule has 2 rings (SSSR count). The first kappa shape index (κ1) is 29.2. The van der Waals surface area contributed by atoms with E-state index in [1.54, 1.807) is 0 Å². The third kappa shape index (κ3) is 14.0. The third-order valence-electron chi connectivity index (χ3n) is 4.91. The minimum Gasteiger partial charge on any atom is -0.147 e. The van der Waals surface area contributed by atoms with E-state index in [1.807, 2.05) is 0 Å². The first-order valence-electron chi connectivity index (χ1n) is 10.2. The van der Waals surface area contributed by atoms with E-state index in [2.05, 4.69) is 63.5 Å². The third-order valence-corrected chi connectivity index (χ3v) is 4.91. The molecule has 0 bridgehead atoms. The van der Waals surface area contributed by atoms with Gasteiger partial charge in [-0.1, -0.05) is 89.0 Å². The van der Waals surface area contributed by atoms with Crippen LogP contribution in [0.15, 0.2) is 24.3 Å². The summed E-state index contributed by atoms with van der Waals surface area (Å²) in [6.45, 7) is 7.92. The summed E-state index contributed by atoms with van der Waals surface area (Å²) in [5.41, 5.74) is 0. The monoisotopic (exact) mass is 452 g/mol. The molecule has 0 aromatic heterocycles. The predicted molar refractivity (Wildman–Crippen MR) is 121 cm³/mol. The molecule has 0 N–H and O–H groups in total. The molecule has 2 aliphatic rings. The Morgan fingerprint density at radius 1 is 0.885 bits per heavy atom. The minimum atomic E-state index is 0. The van der Waals surface area contributed by atoms with E-state index in [0.29, 0.717) is 12.0 Å². The zero-order valence-electron chi connectivity index (χ0n) is 17.1. The molecule has 0 aliphatic heterocycles. The number of hydrogen-bond donors (Lipinski definition) is 0. The van der Waals surface area contributed by atoms with Crippen molar-refractivity contribution in [3.05, 3.63) is 29.6 Å². The van der Waals surface area contributed by atoms with Gasteiger partial charge in [-0.25, -0.2) is 0 Å². The van der Waals surface area contributed by atoms with Gasteiger partial charge in [0.1, 0.15) is 0 Å². The number of allylic oxidation sites excluding steroid dienone is 3. The molecule has 3 unspecified atom stereocenters. The standard InChI is InChI=1S/C19H32N.C2H6Si.2ClH.Ti/c1-2-3-4-5-6-7-8-11-16-20-19-15-14-17-12-9-10-13-18(17)19;1-3-2;;;/h9-10,12-13,17-19H,2-8,11,14-16H2,1H3;1-2H3;2*1H;/q-1;;;;+1. The van der Waals surface area contributed by atoms with Crippen LogP contribution in [0.1, 0.15) is 71.1 Å². The van der Waals surface area contributed by atoms with Crippen molar-refractivity contribution in [3.8, 4) is 0 Å². The first-order chi connectivity index (χ1) is 11.6. The van der Waals surface area contributed by atoms with Crippen molar-refractivity contribution in [3.63, 3.8) is 0 Å². The summed E-state index contributed by atoms with van der Waals surface area (Å²) in [6.07, 6.45) is 23.2. The molecule has 3 atom stereocenters. The summed E-state index contributed by atoms with van der Waals surface area (Å²) in [5, 5.41) is 4.97. The van der Waals surface area contributed by atoms with E-state index in [9.17, 15) is 0 Å². The molecule has 0 aromatic carbocycles. The number of rotatable bonds is 10. The van der Waals surface area contributed by atoms with Gasteiger partial charge in [0.05, 0.1) is 0 Å². The van der Waals surface area contributed by atoms with Crippen molar-refractivity contribution < 1.29 is 19.2 Å². The van der Waals surface area contributed by atoms with Gasteiger partial charge in [-0.3, -0.25) is 0 Å². The van der Waals surface area contributed by atoms with Crippen LogP contribution < -0.4 is 0 Å². The van der Waals surface area contributed by atoms with E-state index >= 15 is 0 Å². The second kappa shape index (κ2) is 19.3. The van der Waals surface area contributed by atoms with Crippen molar-refractivity contribution >= 4 is 31.0 Å². The first-order valence-corrected chi connectivity index (χ1v) is 15.0. The van der Waals surface area contributed by atoms with Crippen molar-refractivity contribution in [1.29, 1.82) is 0 Å². The van der Waals surface area contributed by atoms with Crippen molar-refractivity contribution in [2.75, 3.05) is 6.54 Å². The van der Waals surface area contributed by atoms with Gasteiger partial charge in [-0.15, -0.1) is 37.4 Å². The summed E-state index contributed by atoms with van der Waals surface area (Å²) in [6, 6.07) is 0.616. The fourth-order valence-electron chi connectivity index (χ4n) is 3.64. The van der Waals surface area contributed by atoms with E-state index in [4.69, 9.17) is 5.32 Å². The Bertz CT molecular complexity index is 397. The number of halogens is 2. The molecule has 1 nitrogen and oxygen atoms in total. The number of hydrogen-bond acceptors (Lipinski definition) is 0. The van der Waals surface area contributed by atoms with E-state index in [-0.39, 0.29) is 31.0 Å². The van der Waals surface area contributed by atoms with Crippen LogP contribution in [0.2, 0.25) is 13.1 Å². The second-order valence-corrected chi connectivity index (χ2v) is 14.2. The zero-order chi connectivity index (χ0) is 17.6. The van der Waals surface area contributed by atoms with Crippen molar-refractivity contribution in [1.82, 2.24) is 0 Å². The van der Waals surface area contributed by atoms with Crippen molar-refractivity contribution in [2.24, 2.45) is 11.8 Å². The summed E-state index contributed by atoms with van der Waals surface area (Å²) < 4.78 is 0. The van der Waals surface area contributed by atoms with Gasteiger partial charge < -0.3 is 5.32 Å². The molecule has 0 heterocycles. The van der Waals surface area contributed by atoms with Gasteiger partial charge in [-0.05, 0) is 18.3 Å². The van der Waals surface area contributed by atoms with Crippen LogP contribution in [0, 0.1) is 11.8 Å². The SMILES string of the molecule is CCCCCCCCCC[N-]C1CCC2C=CC=CC21.C[Si](C)=[Ti+].Cl.Cl. The molecule has 1 saturated carbocycles. The molecule has 0 saturated heterocycles. The van der Waals surface area contributed by atoms with Gasteiger partial charge in [0, 0.05) is 0 Å². The Morgan fingerprint density at radius 3 is 2.04 bits per heavy atom. The Balaban J connectivity index is 0. The zero-order valence-corrected chi connectivity index (χ0v) is 21.3. The van der Waals surface area contributed by atoms with E-state index < -0.39 is 0 Å². The van der Waals surface area contributed by atoms with Gasteiger partial charge in [-0.2, -0.15) is 0 Å². The van der Waals surface area contributed by atoms with E-state index in [1.165, 1.54) is 64.2 Å². The van der Waals surface area contributed by atoms with Crippen LogP contribution in [0.25, 0.3) is 5.32 Å². The molecular formula is C21H40Cl2NSiTi. The summed E-state index contributed by atoms with van der Waals surface area (Å²) >= 11 is 2.27. The quantitative estimate of drug-likeness (QED) is 0.238. The summed E-state index contributed by atoms with van der Waals surface area (Å²) in [5.74, 6) is 1.50. The topological polar surface area (TPSA) is 14.1 Å². The largest absolute Gasteiger partial charge is 0.147 e. The minimum absolute atomic E-state index is 0. The molecule has 0 radical (unpaired) electrons. The molecule has 2 aliphatic carbocycles. The predicted octanol–water partition coefficient (Wildman–Crippen LogP) is 7.65. The van der Waals surface area contributed by atoms with Gasteiger partial charge in [0.15, 0.2) is 0 Å². The Kier molecular flexibility index (Phi) is 21.6. The fraction of sp³-hybridized carbons (Fsp3) is 0.810. The maximum absolute atomic E-state index is 4.97. The normalized spacial score (nSPS) is 22.6. The summed E-state index contributed by atoms with van der Waals surface area (Å²) in [4.78, 5) is 0. The fourth-order valence-corrected chi connectivity index (χ4v) is 3.64. The maximum atomic E-state index is 4.97. The maximum Gasteiger partial charge on any atom is -0.147 e. The molecule has 26 heavy (non-hydrogen) atoms. The molecule has 0 spiro atoms. The van der Waals surface area contributed by atoms with E-state index in [0.717, 1.165) is 12.5 Å². The molecule has 0 aromatic rings. The number of unbranched alkanes of at least 4 members (excludes halogenated alkanes) is 7. The second-order valence-electron chi connectivity index (χ2n) is 7.54. The van der Waals surface area contributed by atoms with Gasteiger partial charge >= 0.3 is 38.5 Å². The van der Waals surface area contributed by atoms with Crippen molar-refractivity contribution in [2.45, 2.75) is 90.3 Å². The molecule has 5 heteroatoms. The average Bonchev–Trinajstić information content (AvgIpc) is 2.96. The average molecular weight is 453 g/mol. The number of fused-ring (bicyclic) bond motifs is 1. The molecule has 1 fully saturated rings. The Hall–Kier alpha value is 0.951. The van der Waals surface area contributed by atoms with Crippen LogP contribution in [0.4, 0.5) is 0 Å². The van der Waals surface area contributed by atoms with Crippen LogP contribution in [0.3, 0.4) is 0 Å². The van der Waals surface area contributed by atoms with Crippen LogP contribution in [0.5, 0.6) is 0 Å². The smallest absolute Gasteiger partial charge is 0.147 e. The molecule has 0 amide bonds. The molecule has 151 valence electrons. The summed E-state index contributed by atoms with van der Waals surface area (Å²) in [7, 11) is 0. The Morgan fingerprint density at radius 2 is 1.42 bits per heavy atom. The number of nitrogens with zero attached hydrogens (tertiary/aromatic N) is 1. The Labute approximate surface area is 187 Å². The van der Waals surface area contributed by atoms with Gasteiger partial charge in [0.25, 0.3) is 0 Å². The van der Waals surface area contributed by atoms with Gasteiger partial charge in [0.2, 0.25) is 0 Å². The van der Waals surface area contributed by atoms with Crippen LogP contribution in [-0.2, 0) is 19.2 Å². The van der Waals surface area contributed by atoms with Crippen LogP contribution in [-0.4, -0.2) is 18.8 Å². The van der Waals surface area contributed by atoms with Crippen LogP contribution >= 0.6 is 24.8 Å².